The van der Waals surface area contributed by atoms with Crippen molar-refractivity contribution in [2.75, 3.05) is 27.7 Å². The van der Waals surface area contributed by atoms with E-state index in [0.29, 0.717) is 23.3 Å². The second-order valence-electron chi connectivity index (χ2n) is 6.12. The lowest BCUT2D eigenvalue weighted by atomic mass is 10.0. The molecule has 0 aromatic heterocycles. The Labute approximate surface area is 128 Å². The topological polar surface area (TPSA) is 48.3 Å². The van der Waals surface area contributed by atoms with Gasteiger partial charge in [-0.1, -0.05) is 19.9 Å². The monoisotopic (exact) mass is 289 g/mol. The molecule has 0 aliphatic carbocycles. The summed E-state index contributed by atoms with van der Waals surface area (Å²) in [7, 11) is 5.77. The van der Waals surface area contributed by atoms with Crippen LogP contribution in [0.1, 0.15) is 31.4 Å². The van der Waals surface area contributed by atoms with Crippen LogP contribution in [0.25, 0.3) is 0 Å². The number of rotatable bonds is 8. The van der Waals surface area contributed by atoms with Crippen molar-refractivity contribution in [3.63, 3.8) is 0 Å². The summed E-state index contributed by atoms with van der Waals surface area (Å²) in [5.41, 5.74) is 1.70. The molecule has 1 aromatic rings. The maximum absolute atomic E-state index is 9.13. The summed E-state index contributed by atoms with van der Waals surface area (Å²) in [5, 5.41) is 12.7. The Morgan fingerprint density at radius 2 is 2.05 bits per heavy atom. The van der Waals surface area contributed by atoms with Crippen LogP contribution >= 0.6 is 0 Å². The third-order valence-electron chi connectivity index (χ3n) is 3.32. The zero-order valence-electron chi connectivity index (χ0n) is 13.8. The van der Waals surface area contributed by atoms with Crippen LogP contribution in [0, 0.1) is 17.2 Å². The molecule has 0 saturated heterocycles. The molecule has 0 amide bonds. The molecule has 0 radical (unpaired) electrons. The maximum atomic E-state index is 9.13. The minimum atomic E-state index is 0.452. The Morgan fingerprint density at radius 1 is 1.33 bits per heavy atom. The van der Waals surface area contributed by atoms with Gasteiger partial charge in [0, 0.05) is 19.1 Å². The third kappa shape index (κ3) is 6.16. The van der Waals surface area contributed by atoms with Gasteiger partial charge in [0.2, 0.25) is 0 Å². The molecule has 4 nitrogen and oxygen atoms in total. The SMILES string of the molecule is COc1ccc(CNC(CC(C)C)CN(C)C)cc1C#N. The summed E-state index contributed by atoms with van der Waals surface area (Å²) in [4.78, 5) is 2.20. The Balaban J connectivity index is 2.69. The van der Waals surface area contributed by atoms with Gasteiger partial charge in [-0.15, -0.1) is 0 Å². The number of hydrogen-bond donors (Lipinski definition) is 1. The second kappa shape index (κ2) is 8.66. The van der Waals surface area contributed by atoms with E-state index in [1.54, 1.807) is 7.11 Å². The summed E-state index contributed by atoms with van der Waals surface area (Å²) in [6.07, 6.45) is 1.14. The van der Waals surface area contributed by atoms with Crippen molar-refractivity contribution >= 4 is 0 Å². The first-order chi connectivity index (χ1) is 9.96. The van der Waals surface area contributed by atoms with Crippen molar-refractivity contribution < 1.29 is 4.74 Å². The van der Waals surface area contributed by atoms with Gasteiger partial charge in [0.15, 0.2) is 0 Å². The first-order valence-electron chi connectivity index (χ1n) is 7.41. The normalized spacial score (nSPS) is 12.5. The number of hydrogen-bond acceptors (Lipinski definition) is 4. The zero-order valence-corrected chi connectivity index (χ0v) is 13.8. The van der Waals surface area contributed by atoms with E-state index in [1.807, 2.05) is 18.2 Å². The molecule has 1 aromatic carbocycles. The fraction of sp³-hybridized carbons (Fsp3) is 0.588. The molecule has 116 valence electrons. The van der Waals surface area contributed by atoms with Crippen molar-refractivity contribution in [3.05, 3.63) is 29.3 Å². The number of nitriles is 1. The quantitative estimate of drug-likeness (QED) is 0.799. The van der Waals surface area contributed by atoms with Crippen molar-refractivity contribution in [2.24, 2.45) is 5.92 Å². The van der Waals surface area contributed by atoms with Gasteiger partial charge in [0.25, 0.3) is 0 Å². The van der Waals surface area contributed by atoms with E-state index in [4.69, 9.17) is 10.00 Å². The van der Waals surface area contributed by atoms with E-state index in [2.05, 4.69) is 44.2 Å². The lowest BCUT2D eigenvalue weighted by Crippen LogP contribution is -2.38. The smallest absolute Gasteiger partial charge is 0.136 e. The van der Waals surface area contributed by atoms with Crippen LogP contribution in [0.5, 0.6) is 5.75 Å². The number of benzene rings is 1. The number of methoxy groups -OCH3 is 1. The van der Waals surface area contributed by atoms with E-state index in [0.717, 1.165) is 25.1 Å². The Hall–Kier alpha value is -1.57. The highest BCUT2D eigenvalue weighted by Gasteiger charge is 2.12. The summed E-state index contributed by atoms with van der Waals surface area (Å²) in [5.74, 6) is 1.29. The maximum Gasteiger partial charge on any atom is 0.136 e. The van der Waals surface area contributed by atoms with Crippen LogP contribution in [0.4, 0.5) is 0 Å². The van der Waals surface area contributed by atoms with E-state index in [1.165, 1.54) is 0 Å². The molecule has 0 bridgehead atoms. The summed E-state index contributed by atoms with van der Waals surface area (Å²) < 4.78 is 5.17. The molecule has 0 spiro atoms. The fourth-order valence-electron chi connectivity index (χ4n) is 2.45. The fourth-order valence-corrected chi connectivity index (χ4v) is 2.45. The summed E-state index contributed by atoms with van der Waals surface area (Å²) in [6.45, 7) is 6.26. The number of likely N-dealkylation sites (N-methyl/N-ethyl adjacent to an activating group) is 1. The molecule has 0 fully saturated rings. The average molecular weight is 289 g/mol. The lowest BCUT2D eigenvalue weighted by molar-refractivity contribution is 0.305. The van der Waals surface area contributed by atoms with Gasteiger partial charge < -0.3 is 15.0 Å². The van der Waals surface area contributed by atoms with E-state index >= 15 is 0 Å². The molecule has 1 atom stereocenters. The van der Waals surface area contributed by atoms with Gasteiger partial charge in [-0.3, -0.25) is 0 Å². The Kier molecular flexibility index (Phi) is 7.21. The first-order valence-corrected chi connectivity index (χ1v) is 7.41. The molecule has 1 unspecified atom stereocenters. The first kappa shape index (κ1) is 17.5. The van der Waals surface area contributed by atoms with E-state index in [9.17, 15) is 0 Å². The standard InChI is InChI=1S/C17H27N3O/c1-13(2)8-16(12-20(3)4)19-11-14-6-7-17(21-5)15(9-14)10-18/h6-7,9,13,16,19H,8,11-12H2,1-5H3. The predicted octanol–water partition coefficient (Wildman–Crippen LogP) is 2.63. The minimum absolute atomic E-state index is 0.452. The van der Waals surface area contributed by atoms with Gasteiger partial charge in [-0.05, 0) is 44.1 Å². The summed E-state index contributed by atoms with van der Waals surface area (Å²) in [6, 6.07) is 8.40. The molecule has 0 aliphatic heterocycles. The molecule has 1 rings (SSSR count). The van der Waals surface area contributed by atoms with Crippen LogP contribution in [0.15, 0.2) is 18.2 Å². The Morgan fingerprint density at radius 3 is 2.57 bits per heavy atom. The highest BCUT2D eigenvalue weighted by molar-refractivity contribution is 5.45. The van der Waals surface area contributed by atoms with Crippen LogP contribution in [0.3, 0.4) is 0 Å². The molecule has 4 heteroatoms. The molecular weight excluding hydrogens is 262 g/mol. The van der Waals surface area contributed by atoms with Gasteiger partial charge in [-0.2, -0.15) is 5.26 Å². The van der Waals surface area contributed by atoms with Crippen LogP contribution < -0.4 is 10.1 Å². The van der Waals surface area contributed by atoms with E-state index in [-0.39, 0.29) is 0 Å². The van der Waals surface area contributed by atoms with E-state index < -0.39 is 0 Å². The third-order valence-corrected chi connectivity index (χ3v) is 3.32. The van der Waals surface area contributed by atoms with Crippen LogP contribution in [-0.2, 0) is 6.54 Å². The van der Waals surface area contributed by atoms with Crippen molar-refractivity contribution in [2.45, 2.75) is 32.9 Å². The molecule has 21 heavy (non-hydrogen) atoms. The minimum Gasteiger partial charge on any atom is -0.495 e. The number of nitrogens with one attached hydrogen (secondary N) is 1. The average Bonchev–Trinajstić information content (AvgIpc) is 2.43. The number of ether oxygens (including phenoxy) is 1. The molecule has 1 N–H and O–H groups in total. The zero-order chi connectivity index (χ0) is 15.8. The van der Waals surface area contributed by atoms with Gasteiger partial charge in [0.05, 0.1) is 12.7 Å². The summed E-state index contributed by atoms with van der Waals surface area (Å²) >= 11 is 0. The van der Waals surface area contributed by atoms with Gasteiger partial charge in [-0.25, -0.2) is 0 Å². The highest BCUT2D eigenvalue weighted by atomic mass is 16.5. The second-order valence-corrected chi connectivity index (χ2v) is 6.12. The molecular formula is C17H27N3O. The lowest BCUT2D eigenvalue weighted by Gasteiger charge is -2.24. The predicted molar refractivity (Wildman–Crippen MR) is 86.3 cm³/mol. The number of nitrogens with zero attached hydrogens (tertiary/aromatic N) is 2. The molecule has 0 heterocycles. The van der Waals surface area contributed by atoms with Crippen molar-refractivity contribution in [3.8, 4) is 11.8 Å². The highest BCUT2D eigenvalue weighted by Crippen LogP contribution is 2.19. The Bertz CT molecular complexity index is 467. The molecule has 0 aliphatic rings. The molecule has 0 saturated carbocycles. The largest absolute Gasteiger partial charge is 0.495 e. The van der Waals surface area contributed by atoms with Crippen molar-refractivity contribution in [1.29, 1.82) is 5.26 Å². The van der Waals surface area contributed by atoms with Gasteiger partial charge >= 0.3 is 0 Å². The van der Waals surface area contributed by atoms with Crippen LogP contribution in [-0.4, -0.2) is 38.7 Å². The van der Waals surface area contributed by atoms with Crippen LogP contribution in [0.2, 0.25) is 0 Å². The van der Waals surface area contributed by atoms with Gasteiger partial charge in [0.1, 0.15) is 11.8 Å². The van der Waals surface area contributed by atoms with Crippen molar-refractivity contribution in [1.82, 2.24) is 10.2 Å².